The van der Waals surface area contributed by atoms with E-state index >= 15 is 0 Å². The molecule has 1 aromatic carbocycles. The zero-order valence-corrected chi connectivity index (χ0v) is 18.0. The second-order valence-corrected chi connectivity index (χ2v) is 8.58. The first-order chi connectivity index (χ1) is 13.7. The molecule has 0 saturated carbocycles. The van der Waals surface area contributed by atoms with E-state index in [-0.39, 0.29) is 33.7 Å². The molecule has 29 heavy (non-hydrogen) atoms. The van der Waals surface area contributed by atoms with E-state index in [9.17, 15) is 9.59 Å². The average molecular weight is 440 g/mol. The molecule has 9 heteroatoms. The highest BCUT2D eigenvalue weighted by molar-refractivity contribution is 6.44. The minimum Gasteiger partial charge on any atom is -0.489 e. The van der Waals surface area contributed by atoms with Crippen LogP contribution in [0.1, 0.15) is 44.0 Å². The van der Waals surface area contributed by atoms with Crippen LogP contribution in [0.3, 0.4) is 0 Å². The lowest BCUT2D eigenvalue weighted by molar-refractivity contribution is 0.0126. The molecule has 1 aliphatic heterocycles. The number of rotatable bonds is 3. The Kier molecular flexibility index (Phi) is 6.39. The van der Waals surface area contributed by atoms with Crippen molar-refractivity contribution in [3.63, 3.8) is 0 Å². The molecule has 1 fully saturated rings. The molecule has 7 nitrogen and oxygen atoms in total. The predicted octanol–water partition coefficient (Wildman–Crippen LogP) is 4.66. The van der Waals surface area contributed by atoms with E-state index in [2.05, 4.69) is 4.98 Å². The number of imidazole rings is 1. The van der Waals surface area contributed by atoms with Crippen LogP contribution < -0.4 is 4.74 Å². The van der Waals surface area contributed by atoms with Crippen molar-refractivity contribution in [1.29, 1.82) is 0 Å². The van der Waals surface area contributed by atoms with Gasteiger partial charge in [0.1, 0.15) is 29.3 Å². The number of halogens is 2. The SMILES string of the molecule is CC(C)(C)OC(=O)N1CCC(Oc2ccc(Cl)c(Cl)c2C(=O)n2ccnc2)CC1. The number of piperidine rings is 1. The van der Waals surface area contributed by atoms with Crippen LogP contribution in [0.5, 0.6) is 5.75 Å². The van der Waals surface area contributed by atoms with E-state index in [1.807, 2.05) is 20.8 Å². The number of likely N-dealkylation sites (tertiary alicyclic amines) is 1. The van der Waals surface area contributed by atoms with E-state index in [0.29, 0.717) is 31.7 Å². The molecule has 156 valence electrons. The van der Waals surface area contributed by atoms with Crippen molar-refractivity contribution >= 4 is 35.2 Å². The van der Waals surface area contributed by atoms with Crippen LogP contribution in [-0.4, -0.2) is 51.2 Å². The van der Waals surface area contributed by atoms with Crippen molar-refractivity contribution in [1.82, 2.24) is 14.5 Å². The van der Waals surface area contributed by atoms with Gasteiger partial charge in [-0.1, -0.05) is 23.2 Å². The third-order valence-corrected chi connectivity index (χ3v) is 5.20. The number of carbonyl (C=O) groups is 2. The van der Waals surface area contributed by atoms with Gasteiger partial charge in [0.2, 0.25) is 0 Å². The van der Waals surface area contributed by atoms with Crippen LogP contribution >= 0.6 is 23.2 Å². The number of hydrogen-bond acceptors (Lipinski definition) is 5. The molecule has 0 aliphatic carbocycles. The van der Waals surface area contributed by atoms with Gasteiger partial charge in [-0.05, 0) is 32.9 Å². The summed E-state index contributed by atoms with van der Waals surface area (Å²) in [5, 5.41) is 0.399. The first-order valence-electron chi connectivity index (χ1n) is 9.31. The average Bonchev–Trinajstić information content (AvgIpc) is 3.18. The molecule has 0 unspecified atom stereocenters. The molecule has 0 bridgehead atoms. The summed E-state index contributed by atoms with van der Waals surface area (Å²) in [6.07, 6.45) is 5.15. The second kappa shape index (κ2) is 8.63. The molecule has 1 amide bonds. The Hall–Kier alpha value is -2.25. The molecular formula is C20H23Cl2N3O4. The normalized spacial score (nSPS) is 15.3. The summed E-state index contributed by atoms with van der Waals surface area (Å²) in [7, 11) is 0. The molecule has 0 N–H and O–H groups in total. The number of carbonyl (C=O) groups excluding carboxylic acids is 2. The van der Waals surface area contributed by atoms with Crippen molar-refractivity contribution in [2.45, 2.75) is 45.3 Å². The van der Waals surface area contributed by atoms with Crippen molar-refractivity contribution < 1.29 is 19.1 Å². The van der Waals surface area contributed by atoms with Gasteiger partial charge in [0.25, 0.3) is 5.91 Å². The maximum Gasteiger partial charge on any atom is 0.410 e. The Bertz CT molecular complexity index is 886. The van der Waals surface area contributed by atoms with Crippen LogP contribution in [0.2, 0.25) is 10.0 Å². The van der Waals surface area contributed by atoms with Gasteiger partial charge in [0, 0.05) is 38.3 Å². The first-order valence-corrected chi connectivity index (χ1v) is 10.1. The summed E-state index contributed by atoms with van der Waals surface area (Å²) in [4.78, 5) is 30.6. The maximum absolute atomic E-state index is 12.8. The fourth-order valence-electron chi connectivity index (χ4n) is 3.00. The van der Waals surface area contributed by atoms with Crippen molar-refractivity contribution in [3.05, 3.63) is 46.5 Å². The third-order valence-electron chi connectivity index (χ3n) is 4.40. The predicted molar refractivity (Wildman–Crippen MR) is 110 cm³/mol. The van der Waals surface area contributed by atoms with Gasteiger partial charge in [-0.3, -0.25) is 9.36 Å². The zero-order valence-electron chi connectivity index (χ0n) is 16.5. The van der Waals surface area contributed by atoms with Crippen molar-refractivity contribution in [2.75, 3.05) is 13.1 Å². The van der Waals surface area contributed by atoms with Crippen LogP contribution in [-0.2, 0) is 4.74 Å². The van der Waals surface area contributed by atoms with E-state index in [1.54, 1.807) is 17.0 Å². The summed E-state index contributed by atoms with van der Waals surface area (Å²) in [6, 6.07) is 3.23. The molecule has 3 rings (SSSR count). The highest BCUT2D eigenvalue weighted by Gasteiger charge is 2.29. The lowest BCUT2D eigenvalue weighted by Gasteiger charge is -2.33. The molecule has 0 atom stereocenters. The van der Waals surface area contributed by atoms with Crippen LogP contribution in [0, 0.1) is 0 Å². The minimum atomic E-state index is -0.535. The van der Waals surface area contributed by atoms with Crippen LogP contribution in [0.25, 0.3) is 0 Å². The van der Waals surface area contributed by atoms with Crippen LogP contribution in [0.4, 0.5) is 4.79 Å². The Morgan fingerprint density at radius 3 is 2.45 bits per heavy atom. The fraction of sp³-hybridized carbons (Fsp3) is 0.450. The van der Waals surface area contributed by atoms with Gasteiger partial charge < -0.3 is 14.4 Å². The molecule has 0 spiro atoms. The molecule has 1 aromatic heterocycles. The molecule has 1 saturated heterocycles. The standard InChI is InChI=1S/C20H23Cl2N3O4/c1-20(2,3)29-19(27)24-9-6-13(7-10-24)28-15-5-4-14(21)17(22)16(15)18(26)25-11-8-23-12-25/h4-5,8,11-13H,6-7,9-10H2,1-3H3. The van der Waals surface area contributed by atoms with Gasteiger partial charge in [-0.25, -0.2) is 9.78 Å². The molecule has 2 heterocycles. The smallest absolute Gasteiger partial charge is 0.410 e. The van der Waals surface area contributed by atoms with Crippen molar-refractivity contribution in [3.8, 4) is 5.75 Å². The van der Waals surface area contributed by atoms with Gasteiger partial charge in [-0.2, -0.15) is 0 Å². The van der Waals surface area contributed by atoms with Gasteiger partial charge in [0.15, 0.2) is 0 Å². The number of amides is 1. The quantitative estimate of drug-likeness (QED) is 0.695. The summed E-state index contributed by atoms with van der Waals surface area (Å²) >= 11 is 12.4. The Balaban J connectivity index is 1.71. The molecular weight excluding hydrogens is 417 g/mol. The maximum atomic E-state index is 12.8. The van der Waals surface area contributed by atoms with E-state index < -0.39 is 5.60 Å². The lowest BCUT2D eigenvalue weighted by atomic mass is 10.1. The third kappa shape index (κ3) is 5.22. The first kappa shape index (κ1) is 21.5. The largest absolute Gasteiger partial charge is 0.489 e. The highest BCUT2D eigenvalue weighted by atomic mass is 35.5. The molecule has 0 radical (unpaired) electrons. The van der Waals surface area contributed by atoms with E-state index in [0.717, 1.165) is 0 Å². The number of hydrogen-bond donors (Lipinski definition) is 0. The summed E-state index contributed by atoms with van der Waals surface area (Å²) in [6.45, 7) is 6.52. The molecule has 2 aromatic rings. The zero-order chi connectivity index (χ0) is 21.2. The topological polar surface area (TPSA) is 73.7 Å². The Morgan fingerprint density at radius 2 is 1.86 bits per heavy atom. The summed E-state index contributed by atoms with van der Waals surface area (Å²) in [5.74, 6) is -0.0231. The summed E-state index contributed by atoms with van der Waals surface area (Å²) in [5.41, 5.74) is -0.348. The number of aromatic nitrogens is 2. The monoisotopic (exact) mass is 439 g/mol. The minimum absolute atomic E-state index is 0.133. The van der Waals surface area contributed by atoms with Gasteiger partial charge in [0.05, 0.1) is 10.0 Å². The number of nitrogens with zero attached hydrogens (tertiary/aromatic N) is 3. The second-order valence-electron chi connectivity index (χ2n) is 7.79. The fourth-order valence-corrected chi connectivity index (χ4v) is 3.40. The van der Waals surface area contributed by atoms with Gasteiger partial charge >= 0.3 is 6.09 Å². The molecule has 1 aliphatic rings. The number of ether oxygens (including phenoxy) is 2. The Labute approximate surface area is 179 Å². The van der Waals surface area contributed by atoms with Gasteiger partial charge in [-0.15, -0.1) is 0 Å². The van der Waals surface area contributed by atoms with E-state index in [1.165, 1.54) is 23.3 Å². The van der Waals surface area contributed by atoms with Crippen LogP contribution in [0.15, 0.2) is 30.9 Å². The lowest BCUT2D eigenvalue weighted by Crippen LogP contribution is -2.44. The van der Waals surface area contributed by atoms with Crippen molar-refractivity contribution in [2.24, 2.45) is 0 Å². The van der Waals surface area contributed by atoms with E-state index in [4.69, 9.17) is 32.7 Å². The number of benzene rings is 1. The summed E-state index contributed by atoms with van der Waals surface area (Å²) < 4.78 is 12.8. The Morgan fingerprint density at radius 1 is 1.17 bits per heavy atom. The highest BCUT2D eigenvalue weighted by Crippen LogP contribution is 2.35.